The lowest BCUT2D eigenvalue weighted by Crippen LogP contribution is -2.29. The summed E-state index contributed by atoms with van der Waals surface area (Å²) in [6.07, 6.45) is -2.42. The first-order valence-corrected chi connectivity index (χ1v) is 6.54. The molecule has 0 atom stereocenters. The molecule has 19 heavy (non-hydrogen) atoms. The third-order valence-corrected chi connectivity index (χ3v) is 2.92. The Labute approximate surface area is 120 Å². The van der Waals surface area contributed by atoms with Gasteiger partial charge in [-0.1, -0.05) is 24.9 Å². The highest BCUT2D eigenvalue weighted by Crippen LogP contribution is 2.33. The largest absolute Gasteiger partial charge is 0.416 e. The second-order valence-corrected chi connectivity index (χ2v) is 4.74. The molecule has 0 saturated carbocycles. The number of unbranched alkanes of at least 4 members (excludes halogenated alkanes) is 1. The van der Waals surface area contributed by atoms with E-state index in [1.165, 1.54) is 6.07 Å². The van der Waals surface area contributed by atoms with Gasteiger partial charge in [0.25, 0.3) is 0 Å². The van der Waals surface area contributed by atoms with Crippen molar-refractivity contribution < 1.29 is 13.2 Å². The summed E-state index contributed by atoms with van der Waals surface area (Å²) in [5.74, 6) is 0. The molecule has 0 saturated heterocycles. The van der Waals surface area contributed by atoms with Crippen LogP contribution in [0.1, 0.15) is 25.3 Å². The summed E-state index contributed by atoms with van der Waals surface area (Å²) in [7, 11) is 0. The Balaban J connectivity index is 2.67. The van der Waals surface area contributed by atoms with Gasteiger partial charge >= 0.3 is 6.18 Å². The van der Waals surface area contributed by atoms with Crippen LogP contribution in [-0.2, 0) is 6.18 Å². The summed E-state index contributed by atoms with van der Waals surface area (Å²) >= 11 is 10.8. The molecule has 7 heteroatoms. The minimum Gasteiger partial charge on any atom is -0.362 e. The van der Waals surface area contributed by atoms with Crippen LogP contribution >= 0.6 is 23.8 Å². The van der Waals surface area contributed by atoms with E-state index in [9.17, 15) is 13.2 Å². The molecule has 0 spiro atoms. The molecular weight excluding hydrogens is 297 g/mol. The van der Waals surface area contributed by atoms with E-state index in [-0.39, 0.29) is 5.02 Å². The van der Waals surface area contributed by atoms with Crippen molar-refractivity contribution in [2.45, 2.75) is 25.9 Å². The molecule has 2 nitrogen and oxygen atoms in total. The zero-order valence-electron chi connectivity index (χ0n) is 10.3. The van der Waals surface area contributed by atoms with E-state index in [0.717, 1.165) is 25.0 Å². The molecule has 106 valence electrons. The first-order valence-electron chi connectivity index (χ1n) is 5.76. The maximum atomic E-state index is 12.5. The van der Waals surface area contributed by atoms with Gasteiger partial charge in [-0.2, -0.15) is 13.2 Å². The summed E-state index contributed by atoms with van der Waals surface area (Å²) in [6.45, 7) is 2.76. The third kappa shape index (κ3) is 5.24. The zero-order chi connectivity index (χ0) is 14.5. The Hall–Kier alpha value is -1.01. The Morgan fingerprint density at radius 1 is 1.37 bits per heavy atom. The number of benzene rings is 1. The highest BCUT2D eigenvalue weighted by molar-refractivity contribution is 7.80. The fourth-order valence-electron chi connectivity index (χ4n) is 1.34. The predicted octanol–water partition coefficient (Wildman–Crippen LogP) is 4.45. The van der Waals surface area contributed by atoms with E-state index in [1.54, 1.807) is 0 Å². The van der Waals surface area contributed by atoms with Crippen molar-refractivity contribution in [3.05, 3.63) is 28.8 Å². The number of anilines is 1. The minimum absolute atomic E-state index is 0.0190. The quantitative estimate of drug-likeness (QED) is 0.635. The average Bonchev–Trinajstić information content (AvgIpc) is 2.31. The van der Waals surface area contributed by atoms with E-state index in [4.69, 9.17) is 23.8 Å². The van der Waals surface area contributed by atoms with Crippen LogP contribution in [0.4, 0.5) is 18.9 Å². The molecule has 1 rings (SSSR count). The maximum Gasteiger partial charge on any atom is 0.416 e. The second kappa shape index (κ2) is 6.96. The van der Waals surface area contributed by atoms with E-state index >= 15 is 0 Å². The van der Waals surface area contributed by atoms with E-state index in [0.29, 0.717) is 17.3 Å². The molecule has 1 aromatic carbocycles. The van der Waals surface area contributed by atoms with Gasteiger partial charge in [0.1, 0.15) is 0 Å². The first kappa shape index (κ1) is 16.0. The van der Waals surface area contributed by atoms with Gasteiger partial charge in [-0.15, -0.1) is 0 Å². The van der Waals surface area contributed by atoms with Crippen molar-refractivity contribution in [1.29, 1.82) is 0 Å². The van der Waals surface area contributed by atoms with Crippen LogP contribution < -0.4 is 10.6 Å². The minimum atomic E-state index is -4.40. The lowest BCUT2D eigenvalue weighted by molar-refractivity contribution is -0.137. The normalized spacial score (nSPS) is 11.2. The Morgan fingerprint density at radius 3 is 2.58 bits per heavy atom. The molecule has 0 amide bonds. The molecule has 0 fully saturated rings. The van der Waals surface area contributed by atoms with Crippen LogP contribution in [0.25, 0.3) is 0 Å². The number of alkyl halides is 3. The topological polar surface area (TPSA) is 24.1 Å². The number of thiocarbonyl (C=S) groups is 1. The highest BCUT2D eigenvalue weighted by atomic mass is 35.5. The van der Waals surface area contributed by atoms with Gasteiger partial charge in [0.15, 0.2) is 5.11 Å². The van der Waals surface area contributed by atoms with Crippen molar-refractivity contribution in [3.8, 4) is 0 Å². The van der Waals surface area contributed by atoms with Crippen LogP contribution in [-0.4, -0.2) is 11.7 Å². The molecule has 0 unspecified atom stereocenters. The van der Waals surface area contributed by atoms with Crippen molar-refractivity contribution in [1.82, 2.24) is 5.32 Å². The van der Waals surface area contributed by atoms with Gasteiger partial charge in [0, 0.05) is 6.54 Å². The van der Waals surface area contributed by atoms with Gasteiger partial charge in [0.05, 0.1) is 16.3 Å². The molecule has 0 radical (unpaired) electrons. The fraction of sp³-hybridized carbons (Fsp3) is 0.417. The summed E-state index contributed by atoms with van der Waals surface area (Å²) in [4.78, 5) is 0. The molecule has 0 aliphatic rings. The zero-order valence-corrected chi connectivity index (χ0v) is 11.8. The molecule has 0 aliphatic heterocycles. The van der Waals surface area contributed by atoms with Gasteiger partial charge in [0.2, 0.25) is 0 Å². The van der Waals surface area contributed by atoms with E-state index < -0.39 is 11.7 Å². The van der Waals surface area contributed by atoms with Gasteiger partial charge in [-0.3, -0.25) is 0 Å². The lowest BCUT2D eigenvalue weighted by Gasteiger charge is -2.13. The van der Waals surface area contributed by atoms with Crippen LogP contribution in [0.3, 0.4) is 0 Å². The van der Waals surface area contributed by atoms with Crippen molar-refractivity contribution >= 4 is 34.6 Å². The Kier molecular flexibility index (Phi) is 5.87. The number of rotatable bonds is 4. The van der Waals surface area contributed by atoms with Crippen molar-refractivity contribution in [2.24, 2.45) is 0 Å². The maximum absolute atomic E-state index is 12.5. The van der Waals surface area contributed by atoms with Crippen LogP contribution in [0.2, 0.25) is 5.02 Å². The first-order chi connectivity index (χ1) is 8.84. The van der Waals surface area contributed by atoms with Crippen LogP contribution in [0.5, 0.6) is 0 Å². The Morgan fingerprint density at radius 2 is 2.05 bits per heavy atom. The molecule has 0 bridgehead atoms. The number of hydrogen-bond donors (Lipinski definition) is 2. The van der Waals surface area contributed by atoms with Crippen molar-refractivity contribution in [2.75, 3.05) is 11.9 Å². The summed E-state index contributed by atoms with van der Waals surface area (Å²) in [5, 5.41) is 6.04. The van der Waals surface area contributed by atoms with Gasteiger partial charge < -0.3 is 10.6 Å². The van der Waals surface area contributed by atoms with E-state index in [2.05, 4.69) is 10.6 Å². The summed E-state index contributed by atoms with van der Waals surface area (Å²) in [5.41, 5.74) is -0.434. The average molecular weight is 311 g/mol. The number of nitrogens with one attached hydrogen (secondary N) is 2. The third-order valence-electron chi connectivity index (χ3n) is 2.36. The lowest BCUT2D eigenvalue weighted by atomic mass is 10.2. The smallest absolute Gasteiger partial charge is 0.362 e. The van der Waals surface area contributed by atoms with Crippen LogP contribution in [0.15, 0.2) is 18.2 Å². The van der Waals surface area contributed by atoms with Gasteiger partial charge in [-0.25, -0.2) is 0 Å². The van der Waals surface area contributed by atoms with Crippen molar-refractivity contribution in [3.63, 3.8) is 0 Å². The predicted molar refractivity (Wildman–Crippen MR) is 75.6 cm³/mol. The second-order valence-electron chi connectivity index (χ2n) is 3.93. The number of hydrogen-bond acceptors (Lipinski definition) is 1. The summed E-state index contributed by atoms with van der Waals surface area (Å²) < 4.78 is 37.4. The van der Waals surface area contributed by atoms with Gasteiger partial charge in [-0.05, 0) is 36.8 Å². The van der Waals surface area contributed by atoms with E-state index in [1.807, 2.05) is 6.92 Å². The fourth-order valence-corrected chi connectivity index (χ4v) is 1.78. The van der Waals surface area contributed by atoms with Crippen LogP contribution in [0, 0.1) is 0 Å². The summed E-state index contributed by atoms with van der Waals surface area (Å²) in [6, 6.07) is 3.10. The molecule has 0 aliphatic carbocycles. The number of halogens is 4. The molecular formula is C12H14ClF3N2S. The molecule has 1 aromatic rings. The molecule has 0 heterocycles. The molecule has 2 N–H and O–H groups in total. The standard InChI is InChI=1S/C12H14ClF3N2S/c1-2-3-6-17-11(19)18-10-5-4-8(7-9(10)13)12(14,15)16/h4-5,7H,2-3,6H2,1H3,(H2,17,18,19). The molecule has 0 aromatic heterocycles. The highest BCUT2D eigenvalue weighted by Gasteiger charge is 2.30. The monoisotopic (exact) mass is 310 g/mol. The SMILES string of the molecule is CCCCNC(=S)Nc1ccc(C(F)(F)F)cc1Cl. The Bertz CT molecular complexity index is 449.